The van der Waals surface area contributed by atoms with Gasteiger partial charge in [0.1, 0.15) is 5.76 Å². The highest BCUT2D eigenvalue weighted by Gasteiger charge is 2.13. The number of nitrogens with two attached hydrogens (primary N) is 1. The van der Waals surface area contributed by atoms with Gasteiger partial charge in [-0.3, -0.25) is 0 Å². The van der Waals surface area contributed by atoms with Gasteiger partial charge in [0, 0.05) is 12.7 Å². The Labute approximate surface area is 126 Å². The number of hydrogen-bond acceptors (Lipinski definition) is 3. The Bertz CT molecular complexity index is 368. The Morgan fingerprint density at radius 1 is 1.37 bits per heavy atom. The van der Waals surface area contributed by atoms with Gasteiger partial charge in [-0.1, -0.05) is 50.6 Å². The molecule has 0 saturated carbocycles. The summed E-state index contributed by atoms with van der Waals surface area (Å²) in [6.07, 6.45) is 1.98. The van der Waals surface area contributed by atoms with Gasteiger partial charge in [-0.05, 0) is 24.0 Å². The van der Waals surface area contributed by atoms with E-state index in [4.69, 9.17) is 33.7 Å². The largest absolute Gasteiger partial charge is 0.496 e. The zero-order chi connectivity index (χ0) is 15.1. The van der Waals surface area contributed by atoms with Crippen molar-refractivity contribution in [3.8, 4) is 0 Å². The van der Waals surface area contributed by atoms with Crippen molar-refractivity contribution in [3.63, 3.8) is 0 Å². The minimum atomic E-state index is 0.233. The quantitative estimate of drug-likeness (QED) is 0.428. The van der Waals surface area contributed by atoms with Crippen molar-refractivity contribution in [1.29, 1.82) is 0 Å². The fraction of sp³-hybridized carbons (Fsp3) is 0.571. The van der Waals surface area contributed by atoms with E-state index in [0.717, 1.165) is 18.7 Å². The van der Waals surface area contributed by atoms with Crippen LogP contribution in [0.2, 0.25) is 0 Å². The van der Waals surface area contributed by atoms with Gasteiger partial charge >= 0.3 is 0 Å². The summed E-state index contributed by atoms with van der Waals surface area (Å²) in [6.45, 7) is 11.9. The van der Waals surface area contributed by atoms with Crippen LogP contribution >= 0.6 is 23.2 Å². The number of ether oxygens (including phenoxy) is 1. The van der Waals surface area contributed by atoms with Gasteiger partial charge in [-0.2, -0.15) is 0 Å². The highest BCUT2D eigenvalue weighted by Crippen LogP contribution is 2.28. The van der Waals surface area contributed by atoms with Crippen molar-refractivity contribution in [1.82, 2.24) is 5.32 Å². The molecule has 0 saturated heterocycles. The third-order valence-corrected chi connectivity index (χ3v) is 3.19. The summed E-state index contributed by atoms with van der Waals surface area (Å²) in [5.41, 5.74) is 6.42. The number of nitrogens with one attached hydrogen (secondary N) is 1. The van der Waals surface area contributed by atoms with Crippen LogP contribution in [0.1, 0.15) is 27.2 Å². The predicted molar refractivity (Wildman–Crippen MR) is 84.1 cm³/mol. The second-order valence-corrected chi connectivity index (χ2v) is 6.21. The Balaban J connectivity index is 4.69. The lowest BCUT2D eigenvalue weighted by Crippen LogP contribution is -2.27. The lowest BCUT2D eigenvalue weighted by Gasteiger charge is -2.19. The van der Waals surface area contributed by atoms with Crippen molar-refractivity contribution >= 4 is 23.2 Å². The Kier molecular flexibility index (Phi) is 8.23. The van der Waals surface area contributed by atoms with Crippen molar-refractivity contribution in [2.24, 2.45) is 11.1 Å². The van der Waals surface area contributed by atoms with Crippen LogP contribution in [0, 0.1) is 5.41 Å². The first kappa shape index (κ1) is 18.4. The van der Waals surface area contributed by atoms with Crippen LogP contribution in [0.5, 0.6) is 0 Å². The molecule has 0 aromatic rings. The first-order chi connectivity index (χ1) is 8.72. The Hall–Kier alpha value is -0.640. The maximum absolute atomic E-state index is 6.19. The molecule has 0 aliphatic carbocycles. The lowest BCUT2D eigenvalue weighted by atomic mass is 9.97. The molecular weight excluding hydrogens is 283 g/mol. The topological polar surface area (TPSA) is 47.3 Å². The maximum atomic E-state index is 6.19. The standard InChI is InChI=1S/C14H24Cl2N2O/c1-10(19-5)13(16)11(12(15)8-17)6-7-18-9-14(2,3)4/h8,18H,1,6-7,9,17H2,2-5H3/b12-8+,13-11+. The molecule has 0 aliphatic rings. The van der Waals surface area contributed by atoms with E-state index in [1.165, 1.54) is 13.3 Å². The lowest BCUT2D eigenvalue weighted by molar-refractivity contribution is 0.306. The van der Waals surface area contributed by atoms with E-state index in [1.807, 2.05) is 0 Å². The molecular formula is C14H24Cl2N2O. The molecule has 110 valence electrons. The zero-order valence-corrected chi connectivity index (χ0v) is 13.7. The van der Waals surface area contributed by atoms with Crippen LogP contribution in [0.25, 0.3) is 0 Å². The number of allylic oxidation sites excluding steroid dienone is 2. The zero-order valence-electron chi connectivity index (χ0n) is 12.1. The molecule has 0 heterocycles. The molecule has 0 unspecified atom stereocenters. The molecule has 5 heteroatoms. The average Bonchev–Trinajstić information content (AvgIpc) is 2.35. The molecule has 0 aromatic heterocycles. The normalized spacial score (nSPS) is 14.1. The van der Waals surface area contributed by atoms with Gasteiger partial charge in [0.15, 0.2) is 0 Å². The van der Waals surface area contributed by atoms with Crippen LogP contribution in [0.15, 0.2) is 34.2 Å². The molecule has 0 aromatic carbocycles. The second kappa shape index (κ2) is 8.51. The molecule has 0 radical (unpaired) electrons. The third kappa shape index (κ3) is 7.51. The summed E-state index contributed by atoms with van der Waals surface area (Å²) in [6, 6.07) is 0. The third-order valence-electron chi connectivity index (χ3n) is 2.40. The molecule has 0 atom stereocenters. The number of hydrogen-bond donors (Lipinski definition) is 2. The molecule has 3 N–H and O–H groups in total. The minimum absolute atomic E-state index is 0.233. The molecule has 0 spiro atoms. The summed E-state index contributed by atoms with van der Waals surface area (Å²) >= 11 is 12.3. The van der Waals surface area contributed by atoms with Crippen LogP contribution < -0.4 is 11.1 Å². The number of rotatable bonds is 7. The maximum Gasteiger partial charge on any atom is 0.130 e. The van der Waals surface area contributed by atoms with E-state index in [1.54, 1.807) is 0 Å². The van der Waals surface area contributed by atoms with Gasteiger partial charge in [-0.15, -0.1) is 0 Å². The van der Waals surface area contributed by atoms with E-state index in [2.05, 4.69) is 32.7 Å². The van der Waals surface area contributed by atoms with Gasteiger partial charge in [0.05, 0.1) is 17.2 Å². The summed E-state index contributed by atoms with van der Waals surface area (Å²) in [4.78, 5) is 0. The summed E-state index contributed by atoms with van der Waals surface area (Å²) in [5, 5.41) is 4.18. The van der Waals surface area contributed by atoms with Crippen molar-refractivity contribution in [2.45, 2.75) is 27.2 Å². The van der Waals surface area contributed by atoms with Crippen LogP contribution in [0.3, 0.4) is 0 Å². The van der Waals surface area contributed by atoms with Gasteiger partial charge in [-0.25, -0.2) is 0 Å². The first-order valence-electron chi connectivity index (χ1n) is 6.13. The molecule has 0 fully saturated rings. The van der Waals surface area contributed by atoms with Crippen LogP contribution in [-0.4, -0.2) is 20.2 Å². The highest BCUT2D eigenvalue weighted by atomic mass is 35.5. The molecule has 0 bridgehead atoms. The van der Waals surface area contributed by atoms with E-state index < -0.39 is 0 Å². The van der Waals surface area contributed by atoms with Crippen LogP contribution in [-0.2, 0) is 4.74 Å². The average molecular weight is 307 g/mol. The van der Waals surface area contributed by atoms with Gasteiger partial charge in [0.25, 0.3) is 0 Å². The van der Waals surface area contributed by atoms with E-state index in [0.29, 0.717) is 22.2 Å². The van der Waals surface area contributed by atoms with Crippen molar-refractivity contribution in [2.75, 3.05) is 20.2 Å². The van der Waals surface area contributed by atoms with Gasteiger partial charge < -0.3 is 15.8 Å². The first-order valence-corrected chi connectivity index (χ1v) is 6.89. The number of halogens is 2. The summed E-state index contributed by atoms with van der Waals surface area (Å²) in [5.74, 6) is 0.382. The van der Waals surface area contributed by atoms with E-state index in [9.17, 15) is 0 Å². The van der Waals surface area contributed by atoms with Crippen molar-refractivity contribution < 1.29 is 4.74 Å². The van der Waals surface area contributed by atoms with Gasteiger partial charge in [0.2, 0.25) is 0 Å². The Morgan fingerprint density at radius 2 is 1.95 bits per heavy atom. The van der Waals surface area contributed by atoms with Crippen LogP contribution in [0.4, 0.5) is 0 Å². The van der Waals surface area contributed by atoms with Crippen molar-refractivity contribution in [3.05, 3.63) is 34.2 Å². The van der Waals surface area contributed by atoms with E-state index in [-0.39, 0.29) is 5.41 Å². The molecule has 0 amide bonds. The number of methoxy groups -OCH3 is 1. The fourth-order valence-corrected chi connectivity index (χ4v) is 1.88. The second-order valence-electron chi connectivity index (χ2n) is 5.42. The summed E-state index contributed by atoms with van der Waals surface area (Å²) < 4.78 is 5.02. The smallest absolute Gasteiger partial charge is 0.130 e. The monoisotopic (exact) mass is 306 g/mol. The molecule has 0 aliphatic heterocycles. The van der Waals surface area contributed by atoms with E-state index >= 15 is 0 Å². The molecule has 19 heavy (non-hydrogen) atoms. The SMILES string of the molecule is C=C(OC)/C(Cl)=C(CCNCC(C)(C)C)\C(Cl)=C/N. The fourth-order valence-electron chi connectivity index (χ4n) is 1.37. The predicted octanol–water partition coefficient (Wildman–Crippen LogP) is 3.70. The highest BCUT2D eigenvalue weighted by molar-refractivity contribution is 6.36. The Morgan fingerprint density at radius 3 is 2.37 bits per heavy atom. The minimum Gasteiger partial charge on any atom is -0.496 e. The molecule has 0 rings (SSSR count). The summed E-state index contributed by atoms with van der Waals surface area (Å²) in [7, 11) is 1.51. The molecule has 3 nitrogen and oxygen atoms in total.